The third kappa shape index (κ3) is 2.24. The van der Waals surface area contributed by atoms with E-state index in [9.17, 15) is 0 Å². The lowest BCUT2D eigenvalue weighted by Gasteiger charge is -2.03. The second kappa shape index (κ2) is 4.88. The molecule has 4 heteroatoms. The molecule has 0 aliphatic carbocycles. The van der Waals surface area contributed by atoms with Gasteiger partial charge in [0, 0.05) is 31.9 Å². The summed E-state index contributed by atoms with van der Waals surface area (Å²) in [5.74, 6) is 0. The zero-order chi connectivity index (χ0) is 12.5. The van der Waals surface area contributed by atoms with E-state index in [1.54, 1.807) is 17.8 Å². The van der Waals surface area contributed by atoms with Gasteiger partial charge in [0.25, 0.3) is 0 Å². The van der Waals surface area contributed by atoms with Crippen molar-refractivity contribution in [2.75, 3.05) is 0 Å². The van der Waals surface area contributed by atoms with Crippen molar-refractivity contribution in [2.24, 2.45) is 0 Å². The molecular weight excluding hydrogens is 285 g/mol. The summed E-state index contributed by atoms with van der Waals surface area (Å²) in [4.78, 5) is 5.42. The molecule has 0 fully saturated rings. The summed E-state index contributed by atoms with van der Waals surface area (Å²) in [6.07, 6.45) is 2.00. The maximum Gasteiger partial charge on any atom is 0.0560 e. The molecule has 0 saturated heterocycles. The zero-order valence-corrected chi connectivity index (χ0v) is 11.6. The summed E-state index contributed by atoms with van der Waals surface area (Å²) in [6.45, 7) is 0. The van der Waals surface area contributed by atoms with Crippen LogP contribution in [-0.2, 0) is 0 Å². The van der Waals surface area contributed by atoms with Crippen molar-refractivity contribution in [2.45, 2.75) is 9.79 Å². The van der Waals surface area contributed by atoms with Gasteiger partial charge in [0.05, 0.1) is 5.02 Å². The van der Waals surface area contributed by atoms with Gasteiger partial charge in [0.1, 0.15) is 0 Å². The highest BCUT2D eigenvalue weighted by molar-refractivity contribution is 7.99. The monoisotopic (exact) mass is 293 g/mol. The summed E-state index contributed by atoms with van der Waals surface area (Å²) in [6, 6.07) is 13.8. The van der Waals surface area contributed by atoms with Crippen molar-refractivity contribution in [1.29, 1.82) is 0 Å². The molecule has 0 aliphatic rings. The van der Waals surface area contributed by atoms with Crippen LogP contribution in [0.15, 0.2) is 58.5 Å². The Morgan fingerprint density at radius 3 is 2.61 bits per heavy atom. The summed E-state index contributed by atoms with van der Waals surface area (Å²) < 4.78 is 0. The van der Waals surface area contributed by atoms with Crippen molar-refractivity contribution >= 4 is 45.9 Å². The van der Waals surface area contributed by atoms with Crippen molar-refractivity contribution in [3.05, 3.63) is 58.7 Å². The van der Waals surface area contributed by atoms with Gasteiger partial charge in [-0.25, -0.2) is 0 Å². The van der Waals surface area contributed by atoms with Gasteiger partial charge in [-0.3, -0.25) is 0 Å². The number of benzene rings is 2. The predicted octanol–water partition coefficient (Wildman–Crippen LogP) is 5.63. The highest BCUT2D eigenvalue weighted by Crippen LogP contribution is 2.37. The smallest absolute Gasteiger partial charge is 0.0560 e. The van der Waals surface area contributed by atoms with Crippen molar-refractivity contribution in [1.82, 2.24) is 4.98 Å². The molecule has 0 bridgehead atoms. The first kappa shape index (κ1) is 12.0. The normalized spacial score (nSPS) is 11.0. The topological polar surface area (TPSA) is 15.8 Å². The number of H-pyrrole nitrogens is 1. The summed E-state index contributed by atoms with van der Waals surface area (Å²) in [7, 11) is 0. The number of fused-ring (bicyclic) bond motifs is 1. The summed E-state index contributed by atoms with van der Waals surface area (Å²) >= 11 is 13.7. The average Bonchev–Trinajstić information content (AvgIpc) is 2.76. The molecule has 90 valence electrons. The Bertz CT molecular complexity index is 706. The zero-order valence-electron chi connectivity index (χ0n) is 9.28. The minimum atomic E-state index is 0.656. The van der Waals surface area contributed by atoms with E-state index in [1.165, 1.54) is 5.39 Å². The van der Waals surface area contributed by atoms with E-state index < -0.39 is 0 Å². The Hall–Kier alpha value is -1.09. The number of para-hydroxylation sites is 1. The lowest BCUT2D eigenvalue weighted by atomic mass is 10.2. The van der Waals surface area contributed by atoms with E-state index in [-0.39, 0.29) is 0 Å². The Labute approximate surface area is 119 Å². The van der Waals surface area contributed by atoms with Crippen LogP contribution in [0.4, 0.5) is 0 Å². The first-order valence-electron chi connectivity index (χ1n) is 5.43. The lowest BCUT2D eigenvalue weighted by molar-refractivity contribution is 1.39. The Morgan fingerprint density at radius 1 is 0.944 bits per heavy atom. The number of hydrogen-bond acceptors (Lipinski definition) is 1. The van der Waals surface area contributed by atoms with Gasteiger partial charge in [-0.1, -0.05) is 53.2 Å². The van der Waals surface area contributed by atoms with Gasteiger partial charge >= 0.3 is 0 Å². The Kier molecular flexibility index (Phi) is 3.25. The van der Waals surface area contributed by atoms with Crippen LogP contribution in [0.5, 0.6) is 0 Å². The second-order valence-corrected chi connectivity index (χ2v) is 5.80. The average molecular weight is 294 g/mol. The molecule has 3 rings (SSSR count). The Morgan fingerprint density at radius 2 is 1.78 bits per heavy atom. The van der Waals surface area contributed by atoms with E-state index >= 15 is 0 Å². The van der Waals surface area contributed by atoms with Crippen LogP contribution in [0.2, 0.25) is 10.0 Å². The Balaban J connectivity index is 2.01. The fourth-order valence-electron chi connectivity index (χ4n) is 1.81. The van der Waals surface area contributed by atoms with Crippen molar-refractivity contribution < 1.29 is 0 Å². The molecule has 1 heterocycles. The molecule has 1 nitrogen and oxygen atoms in total. The summed E-state index contributed by atoms with van der Waals surface area (Å²) in [5, 5.41) is 2.54. The molecule has 0 unspecified atom stereocenters. The molecule has 3 aromatic rings. The van der Waals surface area contributed by atoms with Gasteiger partial charge in [-0.05, 0) is 24.3 Å². The number of aromatic amines is 1. The van der Waals surface area contributed by atoms with Crippen LogP contribution >= 0.6 is 35.0 Å². The molecule has 1 aromatic heterocycles. The van der Waals surface area contributed by atoms with Crippen molar-refractivity contribution in [3.8, 4) is 0 Å². The maximum absolute atomic E-state index is 6.18. The number of hydrogen-bond donors (Lipinski definition) is 1. The minimum Gasteiger partial charge on any atom is -0.360 e. The second-order valence-electron chi connectivity index (χ2n) is 3.88. The maximum atomic E-state index is 6.18. The quantitative estimate of drug-likeness (QED) is 0.648. The number of rotatable bonds is 2. The van der Waals surface area contributed by atoms with Crippen LogP contribution in [0, 0.1) is 0 Å². The first-order valence-corrected chi connectivity index (χ1v) is 7.00. The van der Waals surface area contributed by atoms with Crippen LogP contribution in [0.25, 0.3) is 10.9 Å². The van der Waals surface area contributed by atoms with E-state index in [1.807, 2.05) is 30.5 Å². The number of nitrogens with one attached hydrogen (secondary N) is 1. The van der Waals surface area contributed by atoms with E-state index in [4.69, 9.17) is 23.2 Å². The van der Waals surface area contributed by atoms with Crippen LogP contribution in [0.1, 0.15) is 0 Å². The van der Waals surface area contributed by atoms with Gasteiger partial charge < -0.3 is 4.98 Å². The van der Waals surface area contributed by atoms with Gasteiger partial charge in [-0.15, -0.1) is 0 Å². The number of halogens is 2. The van der Waals surface area contributed by atoms with Crippen molar-refractivity contribution in [3.63, 3.8) is 0 Å². The lowest BCUT2D eigenvalue weighted by Crippen LogP contribution is -1.75. The van der Waals surface area contributed by atoms with Crippen LogP contribution in [0.3, 0.4) is 0 Å². The van der Waals surface area contributed by atoms with Gasteiger partial charge in [0.15, 0.2) is 0 Å². The highest BCUT2D eigenvalue weighted by Gasteiger charge is 2.07. The molecule has 2 aromatic carbocycles. The van der Waals surface area contributed by atoms with E-state index in [0.717, 1.165) is 15.3 Å². The van der Waals surface area contributed by atoms with Crippen LogP contribution in [-0.4, -0.2) is 4.98 Å². The van der Waals surface area contributed by atoms with Crippen LogP contribution < -0.4 is 0 Å². The molecule has 0 saturated carbocycles. The SMILES string of the molecule is Clc1ccc(Sc2c[nH]c3ccccc23)c(Cl)c1. The fourth-order valence-corrected chi connectivity index (χ4v) is 3.27. The molecule has 0 aliphatic heterocycles. The third-order valence-corrected chi connectivity index (χ3v) is 4.46. The molecule has 0 atom stereocenters. The number of aromatic nitrogens is 1. The first-order chi connectivity index (χ1) is 8.74. The summed E-state index contributed by atoms with van der Waals surface area (Å²) in [5.41, 5.74) is 1.13. The molecule has 0 radical (unpaired) electrons. The predicted molar refractivity (Wildman–Crippen MR) is 78.9 cm³/mol. The molecule has 18 heavy (non-hydrogen) atoms. The molecule has 0 spiro atoms. The molecule has 0 amide bonds. The van der Waals surface area contributed by atoms with Gasteiger partial charge in [0.2, 0.25) is 0 Å². The largest absolute Gasteiger partial charge is 0.360 e. The fraction of sp³-hybridized carbons (Fsp3) is 0. The molecule has 1 N–H and O–H groups in total. The minimum absolute atomic E-state index is 0.656. The third-order valence-electron chi connectivity index (χ3n) is 2.67. The highest BCUT2D eigenvalue weighted by atomic mass is 35.5. The standard InChI is InChI=1S/C14H9Cl2NS/c15-9-5-6-13(11(16)7-9)18-14-8-17-12-4-2-1-3-10(12)14/h1-8,17H. The van der Waals surface area contributed by atoms with Gasteiger partial charge in [-0.2, -0.15) is 0 Å². The van der Waals surface area contributed by atoms with E-state index in [0.29, 0.717) is 10.0 Å². The van der Waals surface area contributed by atoms with E-state index in [2.05, 4.69) is 17.1 Å². The molecular formula is C14H9Cl2NS.